The number of carbonyl (C=O) groups is 2. The quantitative estimate of drug-likeness (QED) is 0.658. The molecule has 0 aromatic heterocycles. The predicted molar refractivity (Wildman–Crippen MR) is 108 cm³/mol. The van der Waals surface area contributed by atoms with Gasteiger partial charge in [0.2, 0.25) is 0 Å². The molecule has 0 bridgehead atoms. The van der Waals surface area contributed by atoms with Crippen LogP contribution in [0.15, 0.2) is 0 Å². The van der Waals surface area contributed by atoms with Crippen molar-refractivity contribution in [3.05, 3.63) is 0 Å². The van der Waals surface area contributed by atoms with E-state index < -0.39 is 5.97 Å². The third kappa shape index (κ3) is 3.27. The van der Waals surface area contributed by atoms with Crippen molar-refractivity contribution in [2.24, 2.45) is 45.8 Å². The second kappa shape index (κ2) is 6.88. The molecule has 3 fully saturated rings. The van der Waals surface area contributed by atoms with Gasteiger partial charge in [0.15, 0.2) is 0 Å². The SMILES string of the molecule is CC(CC[C@@H]1[C@@H](C)C(=O)CC2[C@@]3(C)CCCC(C)(C)C3CC[C@]21C)C(=O)O. The van der Waals surface area contributed by atoms with Crippen molar-refractivity contribution in [3.8, 4) is 0 Å². The third-order valence-electron chi connectivity index (χ3n) is 9.54. The molecule has 3 aliphatic carbocycles. The average Bonchev–Trinajstić information content (AvgIpc) is 2.56. The van der Waals surface area contributed by atoms with E-state index in [2.05, 4.69) is 34.6 Å². The molecule has 154 valence electrons. The fraction of sp³-hybridized carbons (Fsp3) is 0.917. The zero-order valence-electron chi connectivity index (χ0n) is 18.3. The monoisotopic (exact) mass is 376 g/mol. The minimum absolute atomic E-state index is 0.0731. The predicted octanol–water partition coefficient (Wildman–Crippen LogP) is 5.96. The summed E-state index contributed by atoms with van der Waals surface area (Å²) in [4.78, 5) is 24.4. The van der Waals surface area contributed by atoms with E-state index in [1.165, 1.54) is 32.1 Å². The van der Waals surface area contributed by atoms with E-state index in [9.17, 15) is 14.7 Å². The van der Waals surface area contributed by atoms with Crippen LogP contribution in [0.5, 0.6) is 0 Å². The molecule has 0 heterocycles. The summed E-state index contributed by atoms with van der Waals surface area (Å²) in [5.74, 6) is 0.954. The van der Waals surface area contributed by atoms with Gasteiger partial charge in [0.25, 0.3) is 0 Å². The van der Waals surface area contributed by atoms with Gasteiger partial charge in [-0.15, -0.1) is 0 Å². The van der Waals surface area contributed by atoms with Crippen LogP contribution in [0.3, 0.4) is 0 Å². The lowest BCUT2D eigenvalue weighted by Gasteiger charge is -2.66. The maximum atomic E-state index is 13.0. The number of carbonyl (C=O) groups excluding carboxylic acids is 1. The highest BCUT2D eigenvalue weighted by Crippen LogP contribution is 2.69. The normalized spacial score (nSPS) is 44.9. The zero-order chi connectivity index (χ0) is 20.2. The van der Waals surface area contributed by atoms with Gasteiger partial charge in [0.1, 0.15) is 5.78 Å². The van der Waals surface area contributed by atoms with Crippen LogP contribution < -0.4 is 0 Å². The van der Waals surface area contributed by atoms with Crippen molar-refractivity contribution in [1.82, 2.24) is 0 Å². The van der Waals surface area contributed by atoms with Gasteiger partial charge in [-0.05, 0) is 72.5 Å². The van der Waals surface area contributed by atoms with Crippen molar-refractivity contribution in [1.29, 1.82) is 0 Å². The standard InChI is InChI=1S/C24H40O3/c1-15(21(26)27)8-9-17-16(2)18(25)14-20-23(17,5)13-10-19-22(3,4)11-7-12-24(19,20)6/h15-17,19-20H,7-14H2,1-6H3,(H,26,27)/t15?,16-,17-,19?,20?,23+,24+/m1/s1. The Balaban J connectivity index is 1.92. The van der Waals surface area contributed by atoms with Crippen molar-refractivity contribution in [3.63, 3.8) is 0 Å². The first kappa shape index (κ1) is 20.9. The summed E-state index contributed by atoms with van der Waals surface area (Å²) in [5, 5.41) is 9.31. The maximum absolute atomic E-state index is 13.0. The van der Waals surface area contributed by atoms with E-state index in [4.69, 9.17) is 0 Å². The first-order valence-electron chi connectivity index (χ1n) is 11.2. The smallest absolute Gasteiger partial charge is 0.306 e. The lowest BCUT2D eigenvalue weighted by molar-refractivity contribution is -0.180. The summed E-state index contributed by atoms with van der Waals surface area (Å²) < 4.78 is 0. The van der Waals surface area contributed by atoms with Gasteiger partial charge in [-0.25, -0.2) is 0 Å². The van der Waals surface area contributed by atoms with Gasteiger partial charge < -0.3 is 5.11 Å². The van der Waals surface area contributed by atoms with E-state index in [1.54, 1.807) is 6.92 Å². The molecular formula is C24H40O3. The molecule has 3 unspecified atom stereocenters. The lowest BCUT2D eigenvalue weighted by Crippen LogP contribution is -2.60. The number of ketones is 1. The minimum atomic E-state index is -0.712. The molecule has 3 heteroatoms. The van der Waals surface area contributed by atoms with Crippen LogP contribution in [0, 0.1) is 45.8 Å². The molecule has 1 N–H and O–H groups in total. The topological polar surface area (TPSA) is 54.4 Å². The third-order valence-corrected chi connectivity index (χ3v) is 9.54. The molecular weight excluding hydrogens is 336 g/mol. The van der Waals surface area contributed by atoms with Crippen molar-refractivity contribution >= 4 is 11.8 Å². The Kier molecular flexibility index (Phi) is 5.32. The Labute approximate surface area is 165 Å². The van der Waals surface area contributed by atoms with Gasteiger partial charge in [-0.3, -0.25) is 9.59 Å². The molecule has 7 atom stereocenters. The molecule has 0 saturated heterocycles. The van der Waals surface area contributed by atoms with Crippen LogP contribution >= 0.6 is 0 Å². The molecule has 0 aromatic rings. The largest absolute Gasteiger partial charge is 0.481 e. The van der Waals surface area contributed by atoms with Crippen LogP contribution in [-0.2, 0) is 9.59 Å². The number of fused-ring (bicyclic) bond motifs is 3. The van der Waals surface area contributed by atoms with Crippen LogP contribution in [-0.4, -0.2) is 16.9 Å². The number of hydrogen-bond donors (Lipinski definition) is 1. The van der Waals surface area contributed by atoms with E-state index in [0.29, 0.717) is 35.4 Å². The molecule has 27 heavy (non-hydrogen) atoms. The lowest BCUT2D eigenvalue weighted by atomic mass is 9.38. The minimum Gasteiger partial charge on any atom is -0.481 e. The molecule has 0 spiro atoms. The molecule has 0 aromatic carbocycles. The molecule has 0 radical (unpaired) electrons. The Morgan fingerprint density at radius 2 is 1.78 bits per heavy atom. The Morgan fingerprint density at radius 1 is 1.11 bits per heavy atom. The highest BCUT2D eigenvalue weighted by molar-refractivity contribution is 5.82. The summed E-state index contributed by atoms with van der Waals surface area (Å²) in [6, 6.07) is 0. The van der Waals surface area contributed by atoms with Crippen LogP contribution in [0.1, 0.15) is 92.9 Å². The second-order valence-electron chi connectivity index (χ2n) is 11.4. The van der Waals surface area contributed by atoms with Gasteiger partial charge in [-0.1, -0.05) is 48.0 Å². The number of rotatable bonds is 4. The van der Waals surface area contributed by atoms with Gasteiger partial charge in [0, 0.05) is 12.3 Å². The molecule has 0 amide bonds. The van der Waals surface area contributed by atoms with Crippen molar-refractivity contribution in [2.45, 2.75) is 92.9 Å². The number of carboxylic acids is 1. The highest BCUT2D eigenvalue weighted by atomic mass is 16.4. The fourth-order valence-electron chi connectivity index (χ4n) is 7.91. The fourth-order valence-corrected chi connectivity index (χ4v) is 7.91. The van der Waals surface area contributed by atoms with E-state index in [0.717, 1.165) is 12.8 Å². The zero-order valence-corrected chi connectivity index (χ0v) is 18.3. The van der Waals surface area contributed by atoms with Gasteiger partial charge in [-0.2, -0.15) is 0 Å². The number of Topliss-reactive ketones (excluding diaryl/α,β-unsaturated/α-hetero) is 1. The number of carboxylic acid groups (broad SMARTS) is 1. The first-order chi connectivity index (χ1) is 12.4. The van der Waals surface area contributed by atoms with Crippen molar-refractivity contribution < 1.29 is 14.7 Å². The maximum Gasteiger partial charge on any atom is 0.306 e. The molecule has 3 saturated carbocycles. The summed E-state index contributed by atoms with van der Waals surface area (Å²) >= 11 is 0. The van der Waals surface area contributed by atoms with Crippen LogP contribution in [0.2, 0.25) is 0 Å². The molecule has 0 aliphatic heterocycles. The Morgan fingerprint density at radius 3 is 2.41 bits per heavy atom. The average molecular weight is 377 g/mol. The number of aliphatic carboxylic acids is 1. The summed E-state index contributed by atoms with van der Waals surface area (Å²) in [6.45, 7) is 13.7. The number of hydrogen-bond acceptors (Lipinski definition) is 2. The second-order valence-corrected chi connectivity index (χ2v) is 11.4. The molecule has 3 aliphatic rings. The highest BCUT2D eigenvalue weighted by Gasteiger charge is 2.62. The van der Waals surface area contributed by atoms with E-state index in [-0.39, 0.29) is 22.7 Å². The first-order valence-corrected chi connectivity index (χ1v) is 11.2. The van der Waals surface area contributed by atoms with E-state index >= 15 is 0 Å². The van der Waals surface area contributed by atoms with Crippen molar-refractivity contribution in [2.75, 3.05) is 0 Å². The summed E-state index contributed by atoms with van der Waals surface area (Å²) in [6.07, 6.45) is 8.60. The van der Waals surface area contributed by atoms with Crippen LogP contribution in [0.25, 0.3) is 0 Å². The molecule has 3 rings (SSSR count). The van der Waals surface area contributed by atoms with E-state index in [1.807, 2.05) is 0 Å². The Hall–Kier alpha value is -0.860. The summed E-state index contributed by atoms with van der Waals surface area (Å²) in [7, 11) is 0. The summed E-state index contributed by atoms with van der Waals surface area (Å²) in [5.41, 5.74) is 0.791. The van der Waals surface area contributed by atoms with Gasteiger partial charge in [0.05, 0.1) is 5.92 Å². The molecule has 3 nitrogen and oxygen atoms in total. The van der Waals surface area contributed by atoms with Gasteiger partial charge >= 0.3 is 5.97 Å². The van der Waals surface area contributed by atoms with Crippen LogP contribution in [0.4, 0.5) is 0 Å². The Bertz CT molecular complexity index is 609.